The first kappa shape index (κ1) is 13.5. The third kappa shape index (κ3) is 2.03. The van der Waals surface area contributed by atoms with Gasteiger partial charge in [0.1, 0.15) is 0 Å². The van der Waals surface area contributed by atoms with E-state index in [0.717, 1.165) is 30.6 Å². The first-order chi connectivity index (χ1) is 8.98. The van der Waals surface area contributed by atoms with Gasteiger partial charge in [-0.3, -0.25) is 0 Å². The minimum absolute atomic E-state index is 0.0407. The highest BCUT2D eigenvalue weighted by Gasteiger charge is 2.50. The van der Waals surface area contributed by atoms with Crippen molar-refractivity contribution < 1.29 is 13.5 Å². The minimum Gasteiger partial charge on any atom is -0.390 e. The second-order valence-electron chi connectivity index (χ2n) is 5.70. The van der Waals surface area contributed by atoms with Gasteiger partial charge < -0.3 is 5.11 Å². The van der Waals surface area contributed by atoms with Crippen molar-refractivity contribution >= 4 is 21.4 Å². The van der Waals surface area contributed by atoms with Gasteiger partial charge in [-0.1, -0.05) is 6.42 Å². The largest absolute Gasteiger partial charge is 0.390 e. The molecule has 0 amide bonds. The Morgan fingerprint density at radius 3 is 2.84 bits per heavy atom. The Morgan fingerprint density at radius 1 is 1.58 bits per heavy atom. The molecule has 3 rings (SSSR count). The Kier molecular flexibility index (Phi) is 3.20. The van der Waals surface area contributed by atoms with E-state index in [0.29, 0.717) is 6.54 Å². The first-order valence-electron chi connectivity index (χ1n) is 6.54. The van der Waals surface area contributed by atoms with E-state index in [9.17, 15) is 13.5 Å². The van der Waals surface area contributed by atoms with E-state index < -0.39 is 10.0 Å². The van der Waals surface area contributed by atoms with Crippen LogP contribution in [0.4, 0.5) is 0 Å². The lowest BCUT2D eigenvalue weighted by molar-refractivity contribution is 0.152. The van der Waals surface area contributed by atoms with Gasteiger partial charge in [-0.05, 0) is 31.6 Å². The summed E-state index contributed by atoms with van der Waals surface area (Å²) < 4.78 is 27.2. The van der Waals surface area contributed by atoms with E-state index in [1.807, 2.05) is 6.92 Å². The number of hydrogen-bond acceptors (Lipinski definition) is 5. The Bertz CT molecular complexity index is 578. The standard InChI is InChI=1S/C12H18N2O3S2/c1-9-5-12(3-2-4-12)7-14(9)19(16,17)11-10(6-15)13-8-18-11/h8-9,15H,2-7H2,1H3. The molecule has 7 heteroatoms. The van der Waals surface area contributed by atoms with Gasteiger partial charge in [0.15, 0.2) is 4.21 Å². The maximum absolute atomic E-state index is 12.7. The van der Waals surface area contributed by atoms with Crippen molar-refractivity contribution in [2.24, 2.45) is 5.41 Å². The smallest absolute Gasteiger partial charge is 0.254 e. The predicted molar refractivity (Wildman–Crippen MR) is 72.3 cm³/mol. The van der Waals surface area contributed by atoms with E-state index in [1.165, 1.54) is 11.9 Å². The van der Waals surface area contributed by atoms with Crippen LogP contribution in [-0.2, 0) is 16.6 Å². The molecule has 1 spiro atoms. The lowest BCUT2D eigenvalue weighted by Crippen LogP contribution is -2.37. The highest BCUT2D eigenvalue weighted by Crippen LogP contribution is 2.51. The lowest BCUT2D eigenvalue weighted by Gasteiger charge is -2.37. The van der Waals surface area contributed by atoms with Crippen LogP contribution in [0.2, 0.25) is 0 Å². The molecule has 1 unspecified atom stereocenters. The summed E-state index contributed by atoms with van der Waals surface area (Å²) in [6.07, 6.45) is 4.44. The first-order valence-corrected chi connectivity index (χ1v) is 8.86. The topological polar surface area (TPSA) is 70.5 Å². The number of nitrogens with zero attached hydrogens (tertiary/aromatic N) is 2. The number of aliphatic hydroxyl groups is 1. The highest BCUT2D eigenvalue weighted by atomic mass is 32.2. The van der Waals surface area contributed by atoms with Crippen molar-refractivity contribution in [3.05, 3.63) is 11.2 Å². The summed E-state index contributed by atoms with van der Waals surface area (Å²) in [7, 11) is -3.51. The van der Waals surface area contributed by atoms with Gasteiger partial charge in [0.2, 0.25) is 0 Å². The lowest BCUT2D eigenvalue weighted by atomic mass is 9.68. The van der Waals surface area contributed by atoms with E-state index in [1.54, 1.807) is 4.31 Å². The molecule has 1 atom stereocenters. The molecule has 1 aromatic rings. The second-order valence-corrected chi connectivity index (χ2v) is 8.64. The van der Waals surface area contributed by atoms with Crippen LogP contribution >= 0.6 is 11.3 Å². The molecule has 1 saturated carbocycles. The summed E-state index contributed by atoms with van der Waals surface area (Å²) in [6, 6.07) is 0.0407. The zero-order chi connectivity index (χ0) is 13.7. The molecule has 1 aliphatic heterocycles. The molecule has 1 saturated heterocycles. The van der Waals surface area contributed by atoms with Crippen LogP contribution in [0.25, 0.3) is 0 Å². The van der Waals surface area contributed by atoms with Crippen molar-refractivity contribution in [3.63, 3.8) is 0 Å². The summed E-state index contributed by atoms with van der Waals surface area (Å²) in [6.45, 7) is 2.27. The number of thiazole rings is 1. The van der Waals surface area contributed by atoms with Crippen LogP contribution in [0.1, 0.15) is 38.3 Å². The molecule has 1 aromatic heterocycles. The molecular weight excluding hydrogens is 284 g/mol. The zero-order valence-electron chi connectivity index (χ0n) is 10.9. The molecule has 5 nitrogen and oxygen atoms in total. The fourth-order valence-corrected chi connectivity index (χ4v) is 6.37. The van der Waals surface area contributed by atoms with E-state index in [4.69, 9.17) is 0 Å². The molecule has 2 heterocycles. The third-order valence-electron chi connectivity index (χ3n) is 4.42. The summed E-state index contributed by atoms with van der Waals surface area (Å²) >= 11 is 1.09. The Hall–Kier alpha value is -0.500. The van der Waals surface area contributed by atoms with Gasteiger partial charge in [0.25, 0.3) is 10.0 Å². The number of aromatic nitrogens is 1. The Labute approximate surface area is 117 Å². The monoisotopic (exact) mass is 302 g/mol. The average Bonchev–Trinajstić information content (AvgIpc) is 2.91. The van der Waals surface area contributed by atoms with Gasteiger partial charge in [0.05, 0.1) is 17.8 Å². The van der Waals surface area contributed by atoms with Gasteiger partial charge in [-0.25, -0.2) is 13.4 Å². The van der Waals surface area contributed by atoms with Crippen LogP contribution in [0.3, 0.4) is 0 Å². The van der Waals surface area contributed by atoms with Gasteiger partial charge in [-0.2, -0.15) is 4.31 Å². The molecule has 2 aliphatic rings. The highest BCUT2D eigenvalue weighted by molar-refractivity contribution is 7.91. The van der Waals surface area contributed by atoms with Crippen LogP contribution in [0.15, 0.2) is 9.72 Å². The normalized spacial score (nSPS) is 26.7. The number of hydrogen-bond donors (Lipinski definition) is 1. The van der Waals surface area contributed by atoms with Crippen molar-refractivity contribution in [1.82, 2.24) is 9.29 Å². The van der Waals surface area contributed by atoms with E-state index >= 15 is 0 Å². The van der Waals surface area contributed by atoms with Crippen molar-refractivity contribution in [2.45, 2.75) is 49.5 Å². The average molecular weight is 302 g/mol. The fraction of sp³-hybridized carbons (Fsp3) is 0.750. The summed E-state index contributed by atoms with van der Waals surface area (Å²) in [4.78, 5) is 3.93. The predicted octanol–water partition coefficient (Wildman–Crippen LogP) is 1.59. The third-order valence-corrected chi connectivity index (χ3v) is 7.81. The van der Waals surface area contributed by atoms with Crippen molar-refractivity contribution in [3.8, 4) is 0 Å². The molecule has 0 bridgehead atoms. The van der Waals surface area contributed by atoms with Gasteiger partial charge in [0, 0.05) is 12.6 Å². The van der Waals surface area contributed by atoms with Crippen molar-refractivity contribution in [2.75, 3.05) is 6.54 Å². The van der Waals surface area contributed by atoms with Gasteiger partial charge >= 0.3 is 0 Å². The summed E-state index contributed by atoms with van der Waals surface area (Å²) in [5, 5.41) is 9.20. The molecule has 106 valence electrons. The number of sulfonamides is 1. The fourth-order valence-electron chi connectivity index (χ4n) is 3.32. The quantitative estimate of drug-likeness (QED) is 0.920. The van der Waals surface area contributed by atoms with Gasteiger partial charge in [-0.15, -0.1) is 11.3 Å². The number of rotatable bonds is 3. The zero-order valence-corrected chi connectivity index (χ0v) is 12.5. The molecule has 1 aliphatic carbocycles. The Morgan fingerprint density at radius 2 is 2.32 bits per heavy atom. The molecule has 2 fully saturated rings. The van der Waals surface area contributed by atoms with E-state index in [2.05, 4.69) is 4.98 Å². The summed E-state index contributed by atoms with van der Waals surface area (Å²) in [5.74, 6) is 0. The summed E-state index contributed by atoms with van der Waals surface area (Å²) in [5.41, 5.74) is 1.97. The van der Waals surface area contributed by atoms with Crippen molar-refractivity contribution in [1.29, 1.82) is 0 Å². The molecular formula is C12H18N2O3S2. The molecule has 1 N–H and O–H groups in total. The van der Waals surface area contributed by atoms with E-state index in [-0.39, 0.29) is 28.0 Å². The maximum Gasteiger partial charge on any atom is 0.254 e. The van der Waals surface area contributed by atoms with Crippen LogP contribution < -0.4 is 0 Å². The Balaban J connectivity index is 1.93. The van der Waals surface area contributed by atoms with Crippen LogP contribution in [0.5, 0.6) is 0 Å². The molecule has 19 heavy (non-hydrogen) atoms. The number of aliphatic hydroxyl groups excluding tert-OH is 1. The minimum atomic E-state index is -3.51. The molecule has 0 aromatic carbocycles. The van der Waals surface area contributed by atoms with Crippen LogP contribution in [-0.4, -0.2) is 35.4 Å². The maximum atomic E-state index is 12.7. The van der Waals surface area contributed by atoms with Crippen LogP contribution in [0, 0.1) is 5.41 Å². The SMILES string of the molecule is CC1CC2(CCC2)CN1S(=O)(=O)c1scnc1CO. The second kappa shape index (κ2) is 4.51. The molecule has 0 radical (unpaired) electrons.